The molecule has 1 saturated heterocycles. The van der Waals surface area contributed by atoms with Gasteiger partial charge in [-0.1, -0.05) is 6.07 Å². The van der Waals surface area contributed by atoms with Gasteiger partial charge in [0.1, 0.15) is 4.75 Å². The summed E-state index contributed by atoms with van der Waals surface area (Å²) in [5.41, 5.74) is 0.948. The maximum atomic E-state index is 12.1. The van der Waals surface area contributed by atoms with Crippen molar-refractivity contribution in [1.29, 1.82) is 0 Å². The van der Waals surface area contributed by atoms with Crippen molar-refractivity contribution < 1.29 is 13.2 Å². The summed E-state index contributed by atoms with van der Waals surface area (Å²) in [7, 11) is -3.35. The number of aromatic nitrogens is 1. The zero-order chi connectivity index (χ0) is 11.1. The summed E-state index contributed by atoms with van der Waals surface area (Å²) in [5.74, 6) is 0. The Kier molecular flexibility index (Phi) is 2.31. The molecule has 0 atom stereocenters. The molecule has 0 spiro atoms. The smallest absolute Gasteiger partial charge is 0.205 e. The second-order valence-corrected chi connectivity index (χ2v) is 6.53. The molecular weight excluding hydrogens is 214 g/mol. The van der Waals surface area contributed by atoms with Crippen LogP contribution < -0.4 is 0 Å². The molecule has 4 nitrogen and oxygen atoms in total. The Morgan fingerprint density at radius 1 is 1.40 bits per heavy atom. The molecule has 1 aromatic heterocycles. The van der Waals surface area contributed by atoms with Crippen LogP contribution in [0.2, 0.25) is 0 Å². The molecule has 0 aliphatic carbocycles. The van der Waals surface area contributed by atoms with Crippen molar-refractivity contribution in [2.24, 2.45) is 0 Å². The third-order valence-electron chi connectivity index (χ3n) is 2.62. The lowest BCUT2D eigenvalue weighted by molar-refractivity contribution is -0.00501. The molecule has 0 radical (unpaired) electrons. The van der Waals surface area contributed by atoms with Crippen molar-refractivity contribution in [2.45, 2.75) is 23.6 Å². The highest BCUT2D eigenvalue weighted by Gasteiger charge is 2.47. The van der Waals surface area contributed by atoms with Crippen molar-refractivity contribution >= 4 is 9.84 Å². The van der Waals surface area contributed by atoms with Crippen molar-refractivity contribution in [3.63, 3.8) is 0 Å². The van der Waals surface area contributed by atoms with E-state index in [1.54, 1.807) is 25.3 Å². The lowest BCUT2D eigenvalue weighted by Gasteiger charge is -2.36. The number of ether oxygens (including phenoxy) is 1. The van der Waals surface area contributed by atoms with Crippen LogP contribution >= 0.6 is 0 Å². The average Bonchev–Trinajstić information content (AvgIpc) is 2.14. The Morgan fingerprint density at radius 2 is 2.07 bits per heavy atom. The largest absolute Gasteiger partial charge is 0.378 e. The molecule has 1 aliphatic heterocycles. The summed E-state index contributed by atoms with van der Waals surface area (Å²) >= 11 is 0. The lowest BCUT2D eigenvalue weighted by atomic mass is 10.1. The van der Waals surface area contributed by atoms with E-state index in [1.807, 2.05) is 6.92 Å². The first-order valence-corrected chi connectivity index (χ1v) is 6.19. The molecule has 0 aromatic carbocycles. The maximum Gasteiger partial charge on any atom is 0.205 e. The van der Waals surface area contributed by atoms with Gasteiger partial charge in [-0.25, -0.2) is 13.4 Å². The normalized spacial score (nSPS) is 19.6. The third-order valence-corrected chi connectivity index (χ3v) is 4.95. The number of aryl methyl sites for hydroxylation is 1. The number of nitrogens with zero attached hydrogens (tertiary/aromatic N) is 1. The zero-order valence-corrected chi connectivity index (χ0v) is 9.54. The molecule has 1 aromatic rings. The number of rotatable bonds is 2. The number of pyridine rings is 1. The zero-order valence-electron chi connectivity index (χ0n) is 8.73. The van der Waals surface area contributed by atoms with Crippen LogP contribution in [0.25, 0.3) is 0 Å². The molecule has 2 rings (SSSR count). The maximum absolute atomic E-state index is 12.1. The molecule has 0 unspecified atom stereocenters. The summed E-state index contributed by atoms with van der Waals surface area (Å²) in [6, 6.07) is 3.30. The Morgan fingerprint density at radius 3 is 2.47 bits per heavy atom. The Balaban J connectivity index is 2.42. The minimum atomic E-state index is -3.35. The van der Waals surface area contributed by atoms with Gasteiger partial charge in [-0.2, -0.15) is 0 Å². The SMILES string of the molecule is Cc1ccc(S(=O)(=O)C2(C)COC2)nc1. The fourth-order valence-corrected chi connectivity index (χ4v) is 2.83. The van der Waals surface area contributed by atoms with Crippen LogP contribution in [0.1, 0.15) is 12.5 Å². The topological polar surface area (TPSA) is 56.3 Å². The quantitative estimate of drug-likeness (QED) is 0.755. The van der Waals surface area contributed by atoms with Gasteiger partial charge >= 0.3 is 0 Å². The van der Waals surface area contributed by atoms with Crippen LogP contribution in [-0.2, 0) is 14.6 Å². The molecule has 0 N–H and O–H groups in total. The molecule has 82 valence electrons. The van der Waals surface area contributed by atoms with Gasteiger partial charge in [0.15, 0.2) is 5.03 Å². The van der Waals surface area contributed by atoms with E-state index in [-0.39, 0.29) is 18.2 Å². The van der Waals surface area contributed by atoms with Gasteiger partial charge < -0.3 is 4.74 Å². The van der Waals surface area contributed by atoms with Crippen LogP contribution in [0.3, 0.4) is 0 Å². The first kappa shape index (κ1) is 10.6. The summed E-state index contributed by atoms with van der Waals surface area (Å²) < 4.78 is 28.4. The van der Waals surface area contributed by atoms with Crippen molar-refractivity contribution in [3.8, 4) is 0 Å². The van der Waals surface area contributed by atoms with E-state index in [0.717, 1.165) is 5.56 Å². The Hall–Kier alpha value is -0.940. The molecule has 0 saturated carbocycles. The predicted molar refractivity (Wildman–Crippen MR) is 55.4 cm³/mol. The average molecular weight is 227 g/mol. The van der Waals surface area contributed by atoms with Gasteiger partial charge in [0, 0.05) is 6.20 Å². The highest BCUT2D eigenvalue weighted by atomic mass is 32.2. The van der Waals surface area contributed by atoms with Crippen molar-refractivity contribution in [3.05, 3.63) is 23.9 Å². The second-order valence-electron chi connectivity index (χ2n) is 4.12. The first-order chi connectivity index (χ1) is 6.96. The molecule has 1 aliphatic rings. The van der Waals surface area contributed by atoms with E-state index in [0.29, 0.717) is 0 Å². The van der Waals surface area contributed by atoms with Crippen molar-refractivity contribution in [1.82, 2.24) is 4.98 Å². The lowest BCUT2D eigenvalue weighted by Crippen LogP contribution is -2.53. The van der Waals surface area contributed by atoms with E-state index >= 15 is 0 Å². The first-order valence-electron chi connectivity index (χ1n) is 4.71. The third kappa shape index (κ3) is 1.55. The van der Waals surface area contributed by atoms with E-state index < -0.39 is 14.6 Å². The molecule has 0 bridgehead atoms. The highest BCUT2D eigenvalue weighted by molar-refractivity contribution is 7.92. The van der Waals surface area contributed by atoms with E-state index in [1.165, 1.54) is 0 Å². The summed E-state index contributed by atoms with van der Waals surface area (Å²) in [4.78, 5) is 3.95. The van der Waals surface area contributed by atoms with E-state index in [4.69, 9.17) is 4.74 Å². The van der Waals surface area contributed by atoms with Crippen LogP contribution in [-0.4, -0.2) is 31.4 Å². The van der Waals surface area contributed by atoms with Crippen LogP contribution in [0.5, 0.6) is 0 Å². The van der Waals surface area contributed by atoms with Crippen molar-refractivity contribution in [2.75, 3.05) is 13.2 Å². The monoisotopic (exact) mass is 227 g/mol. The minimum absolute atomic E-state index is 0.138. The van der Waals surface area contributed by atoms with Gasteiger partial charge in [0.25, 0.3) is 0 Å². The van der Waals surface area contributed by atoms with Crippen LogP contribution in [0.4, 0.5) is 0 Å². The number of hydrogen-bond donors (Lipinski definition) is 0. The highest BCUT2D eigenvalue weighted by Crippen LogP contribution is 2.31. The minimum Gasteiger partial charge on any atom is -0.378 e. The summed E-state index contributed by atoms with van der Waals surface area (Å²) in [6.07, 6.45) is 1.57. The van der Waals surface area contributed by atoms with Gasteiger partial charge in [-0.15, -0.1) is 0 Å². The molecular formula is C10H13NO3S. The van der Waals surface area contributed by atoms with Crippen LogP contribution in [0.15, 0.2) is 23.4 Å². The fourth-order valence-electron chi connectivity index (χ4n) is 1.41. The standard InChI is InChI=1S/C10H13NO3S/c1-8-3-4-9(11-5-8)15(12,13)10(2)6-14-7-10/h3-5H,6-7H2,1-2H3. The summed E-state index contributed by atoms with van der Waals surface area (Å²) in [6.45, 7) is 4.07. The summed E-state index contributed by atoms with van der Waals surface area (Å²) in [5, 5.41) is 0.138. The number of hydrogen-bond acceptors (Lipinski definition) is 4. The molecule has 15 heavy (non-hydrogen) atoms. The van der Waals surface area contributed by atoms with Gasteiger partial charge in [-0.3, -0.25) is 0 Å². The molecule has 2 heterocycles. The fraction of sp³-hybridized carbons (Fsp3) is 0.500. The molecule has 5 heteroatoms. The van der Waals surface area contributed by atoms with Crippen LogP contribution in [0, 0.1) is 6.92 Å². The second kappa shape index (κ2) is 3.28. The predicted octanol–water partition coefficient (Wildman–Crippen LogP) is 0.953. The number of sulfone groups is 1. The van der Waals surface area contributed by atoms with E-state index in [9.17, 15) is 8.42 Å². The Bertz CT molecular complexity index is 460. The molecule has 1 fully saturated rings. The van der Waals surface area contributed by atoms with E-state index in [2.05, 4.69) is 4.98 Å². The Labute approximate surface area is 89.2 Å². The van der Waals surface area contributed by atoms with Gasteiger partial charge in [0.05, 0.1) is 13.2 Å². The van der Waals surface area contributed by atoms with Gasteiger partial charge in [-0.05, 0) is 25.5 Å². The molecule has 0 amide bonds. The van der Waals surface area contributed by atoms with Gasteiger partial charge in [0.2, 0.25) is 9.84 Å².